The first-order valence-electron chi connectivity index (χ1n) is 6.70. The molecule has 2 aliphatic heterocycles. The number of anilines is 1. The van der Waals surface area contributed by atoms with E-state index in [1.807, 2.05) is 24.3 Å². The van der Waals surface area contributed by atoms with Gasteiger partial charge in [-0.25, -0.2) is 0 Å². The number of carbonyl (C=O) groups excluding carboxylic acids is 1. The molecule has 0 saturated carbocycles. The normalized spacial score (nSPS) is 23.7. The molecule has 0 aliphatic carbocycles. The van der Waals surface area contributed by atoms with Gasteiger partial charge in [0.1, 0.15) is 0 Å². The van der Waals surface area contributed by atoms with E-state index in [-0.39, 0.29) is 18.2 Å². The molecule has 1 atom stereocenters. The molecule has 102 valence electrons. The Labute approximate surface area is 112 Å². The van der Waals surface area contributed by atoms with Crippen LogP contribution in [0.5, 0.6) is 0 Å². The van der Waals surface area contributed by atoms with Crippen LogP contribution in [0.15, 0.2) is 24.3 Å². The molecule has 2 N–H and O–H groups in total. The molecule has 1 amide bonds. The SMILES string of the molecule is O=C(Nc1ccc(C2OCCO2)cc1)[C@@H]1CCCN1. The van der Waals surface area contributed by atoms with Crippen LogP contribution in [0.3, 0.4) is 0 Å². The Balaban J connectivity index is 1.60. The minimum Gasteiger partial charge on any atom is -0.346 e. The van der Waals surface area contributed by atoms with E-state index >= 15 is 0 Å². The topological polar surface area (TPSA) is 59.6 Å². The van der Waals surface area contributed by atoms with Gasteiger partial charge in [-0.2, -0.15) is 0 Å². The van der Waals surface area contributed by atoms with E-state index < -0.39 is 0 Å². The Morgan fingerprint density at radius 2 is 1.95 bits per heavy atom. The molecule has 1 aromatic carbocycles. The predicted octanol–water partition coefficient (Wildman–Crippen LogP) is 1.42. The predicted molar refractivity (Wildman–Crippen MR) is 70.7 cm³/mol. The summed E-state index contributed by atoms with van der Waals surface area (Å²) in [5.74, 6) is 0.0404. The second kappa shape index (κ2) is 5.69. The van der Waals surface area contributed by atoms with Crippen LogP contribution < -0.4 is 10.6 Å². The fourth-order valence-electron chi connectivity index (χ4n) is 2.41. The zero-order valence-corrected chi connectivity index (χ0v) is 10.7. The van der Waals surface area contributed by atoms with Crippen LogP contribution in [-0.2, 0) is 14.3 Å². The van der Waals surface area contributed by atoms with E-state index in [0.29, 0.717) is 13.2 Å². The van der Waals surface area contributed by atoms with E-state index in [2.05, 4.69) is 10.6 Å². The highest BCUT2D eigenvalue weighted by Crippen LogP contribution is 2.24. The first-order valence-corrected chi connectivity index (χ1v) is 6.70. The third-order valence-electron chi connectivity index (χ3n) is 3.45. The molecule has 2 fully saturated rings. The maximum Gasteiger partial charge on any atom is 0.241 e. The summed E-state index contributed by atoms with van der Waals surface area (Å²) in [5.41, 5.74) is 1.79. The van der Waals surface area contributed by atoms with Crippen molar-refractivity contribution in [3.8, 4) is 0 Å². The van der Waals surface area contributed by atoms with E-state index in [9.17, 15) is 4.79 Å². The highest BCUT2D eigenvalue weighted by atomic mass is 16.7. The molecule has 2 heterocycles. The van der Waals surface area contributed by atoms with E-state index in [1.165, 1.54) is 0 Å². The Bertz CT molecular complexity index is 435. The van der Waals surface area contributed by atoms with Crippen molar-refractivity contribution < 1.29 is 14.3 Å². The first-order chi connectivity index (χ1) is 9.33. The lowest BCUT2D eigenvalue weighted by Gasteiger charge is -2.13. The number of nitrogens with one attached hydrogen (secondary N) is 2. The molecule has 0 spiro atoms. The monoisotopic (exact) mass is 262 g/mol. The fraction of sp³-hybridized carbons (Fsp3) is 0.500. The lowest BCUT2D eigenvalue weighted by atomic mass is 10.2. The lowest BCUT2D eigenvalue weighted by Crippen LogP contribution is -2.35. The summed E-state index contributed by atoms with van der Waals surface area (Å²) in [6, 6.07) is 7.56. The van der Waals surface area contributed by atoms with Gasteiger partial charge in [-0.15, -0.1) is 0 Å². The Hall–Kier alpha value is -1.43. The van der Waals surface area contributed by atoms with Crippen LogP contribution in [0.2, 0.25) is 0 Å². The van der Waals surface area contributed by atoms with Gasteiger partial charge in [0.25, 0.3) is 0 Å². The van der Waals surface area contributed by atoms with Crippen molar-refractivity contribution in [2.45, 2.75) is 25.2 Å². The molecule has 3 rings (SSSR count). The average molecular weight is 262 g/mol. The lowest BCUT2D eigenvalue weighted by molar-refractivity contribution is -0.117. The average Bonchev–Trinajstić information content (AvgIpc) is 3.13. The maximum absolute atomic E-state index is 11.9. The van der Waals surface area contributed by atoms with Gasteiger partial charge in [0, 0.05) is 11.3 Å². The Kier molecular flexibility index (Phi) is 3.77. The van der Waals surface area contributed by atoms with Crippen molar-refractivity contribution >= 4 is 11.6 Å². The summed E-state index contributed by atoms with van der Waals surface area (Å²) in [4.78, 5) is 11.9. The second-order valence-corrected chi connectivity index (χ2v) is 4.83. The summed E-state index contributed by atoms with van der Waals surface area (Å²) in [6.07, 6.45) is 1.71. The van der Waals surface area contributed by atoms with Crippen LogP contribution in [-0.4, -0.2) is 31.7 Å². The smallest absolute Gasteiger partial charge is 0.241 e. The maximum atomic E-state index is 11.9. The number of hydrogen-bond acceptors (Lipinski definition) is 4. The second-order valence-electron chi connectivity index (χ2n) is 4.83. The molecule has 2 aliphatic rings. The minimum absolute atomic E-state index is 0.0404. The third kappa shape index (κ3) is 2.94. The summed E-state index contributed by atoms with van der Waals surface area (Å²) in [6.45, 7) is 2.19. The fourth-order valence-corrected chi connectivity index (χ4v) is 2.41. The van der Waals surface area contributed by atoms with Crippen LogP contribution in [0.4, 0.5) is 5.69 Å². The van der Waals surface area contributed by atoms with Gasteiger partial charge in [0.05, 0.1) is 19.3 Å². The summed E-state index contributed by atoms with van der Waals surface area (Å²) >= 11 is 0. The molecular weight excluding hydrogens is 244 g/mol. The number of ether oxygens (including phenoxy) is 2. The number of amides is 1. The number of carbonyl (C=O) groups is 1. The van der Waals surface area contributed by atoms with Crippen molar-refractivity contribution in [3.63, 3.8) is 0 Å². The van der Waals surface area contributed by atoms with Crippen molar-refractivity contribution in [2.24, 2.45) is 0 Å². The quantitative estimate of drug-likeness (QED) is 0.865. The molecular formula is C14H18N2O3. The number of rotatable bonds is 3. The van der Waals surface area contributed by atoms with Gasteiger partial charge in [-0.1, -0.05) is 12.1 Å². The summed E-state index contributed by atoms with van der Waals surface area (Å²) in [5, 5.41) is 6.10. The van der Waals surface area contributed by atoms with Gasteiger partial charge in [0.15, 0.2) is 6.29 Å². The standard InChI is InChI=1S/C14H18N2O3/c17-13(12-2-1-7-15-12)16-11-5-3-10(4-6-11)14-18-8-9-19-14/h3-6,12,14-15H,1-2,7-9H2,(H,16,17)/t12-/m0/s1. The van der Waals surface area contributed by atoms with Crippen molar-refractivity contribution in [1.29, 1.82) is 0 Å². The zero-order valence-electron chi connectivity index (χ0n) is 10.7. The molecule has 5 nitrogen and oxygen atoms in total. The van der Waals surface area contributed by atoms with Gasteiger partial charge >= 0.3 is 0 Å². The summed E-state index contributed by atoms with van der Waals surface area (Å²) in [7, 11) is 0. The molecule has 1 aromatic rings. The molecule has 0 unspecified atom stereocenters. The molecule has 19 heavy (non-hydrogen) atoms. The molecule has 0 radical (unpaired) electrons. The van der Waals surface area contributed by atoms with E-state index in [1.54, 1.807) is 0 Å². The minimum atomic E-state index is -0.263. The summed E-state index contributed by atoms with van der Waals surface area (Å²) < 4.78 is 10.8. The van der Waals surface area contributed by atoms with E-state index in [4.69, 9.17) is 9.47 Å². The molecule has 0 aromatic heterocycles. The third-order valence-corrected chi connectivity index (χ3v) is 3.45. The molecule has 0 bridgehead atoms. The highest BCUT2D eigenvalue weighted by molar-refractivity contribution is 5.95. The molecule has 5 heteroatoms. The largest absolute Gasteiger partial charge is 0.346 e. The van der Waals surface area contributed by atoms with Crippen LogP contribution in [0.1, 0.15) is 24.7 Å². The van der Waals surface area contributed by atoms with Crippen molar-refractivity contribution in [2.75, 3.05) is 25.1 Å². The Morgan fingerprint density at radius 3 is 2.58 bits per heavy atom. The van der Waals surface area contributed by atoms with Gasteiger partial charge in [-0.05, 0) is 31.5 Å². The van der Waals surface area contributed by atoms with E-state index in [0.717, 1.165) is 30.6 Å². The van der Waals surface area contributed by atoms with Crippen molar-refractivity contribution in [3.05, 3.63) is 29.8 Å². The Morgan fingerprint density at radius 1 is 1.21 bits per heavy atom. The number of hydrogen-bond donors (Lipinski definition) is 2. The van der Waals surface area contributed by atoms with Crippen LogP contribution >= 0.6 is 0 Å². The van der Waals surface area contributed by atoms with Crippen LogP contribution in [0.25, 0.3) is 0 Å². The number of benzene rings is 1. The van der Waals surface area contributed by atoms with Gasteiger partial charge < -0.3 is 20.1 Å². The molecule has 2 saturated heterocycles. The van der Waals surface area contributed by atoms with Gasteiger partial charge in [0.2, 0.25) is 5.91 Å². The van der Waals surface area contributed by atoms with Crippen molar-refractivity contribution in [1.82, 2.24) is 5.32 Å². The van der Waals surface area contributed by atoms with Crippen LogP contribution in [0, 0.1) is 0 Å². The highest BCUT2D eigenvalue weighted by Gasteiger charge is 2.22. The zero-order chi connectivity index (χ0) is 13.1. The first kappa shape index (κ1) is 12.6. The van der Waals surface area contributed by atoms with Gasteiger partial charge in [-0.3, -0.25) is 4.79 Å².